The van der Waals surface area contributed by atoms with Gasteiger partial charge in [-0.25, -0.2) is 4.98 Å². The molecule has 2 N–H and O–H groups in total. The van der Waals surface area contributed by atoms with E-state index >= 15 is 0 Å². The van der Waals surface area contributed by atoms with E-state index in [1.54, 1.807) is 12.3 Å². The first-order chi connectivity index (χ1) is 5.70. The molecule has 0 aliphatic heterocycles. The fourth-order valence-corrected chi connectivity index (χ4v) is 0.830. The zero-order valence-corrected chi connectivity index (χ0v) is 6.74. The normalized spacial score (nSPS) is 9.42. The molecule has 0 saturated carbocycles. The molecule has 0 unspecified atom stereocenters. The number of carbonyl (C=O) groups is 1. The number of aliphatic carboxylic acids is 1. The maximum Gasteiger partial charge on any atom is 0.322 e. The predicted molar refractivity (Wildman–Crippen MR) is 45.1 cm³/mol. The molecule has 0 spiro atoms. The van der Waals surface area contributed by atoms with Gasteiger partial charge < -0.3 is 10.4 Å². The number of pyridine rings is 1. The number of hydrogen-bond donors (Lipinski definition) is 2. The van der Waals surface area contributed by atoms with E-state index in [2.05, 4.69) is 10.3 Å². The van der Waals surface area contributed by atoms with Crippen molar-refractivity contribution in [3.63, 3.8) is 0 Å². The molecule has 0 aromatic carbocycles. The van der Waals surface area contributed by atoms with Crippen molar-refractivity contribution in [2.75, 3.05) is 11.9 Å². The number of hydrogen-bond acceptors (Lipinski definition) is 3. The highest BCUT2D eigenvalue weighted by molar-refractivity contribution is 5.72. The summed E-state index contributed by atoms with van der Waals surface area (Å²) < 4.78 is 0. The highest BCUT2D eigenvalue weighted by atomic mass is 16.4. The summed E-state index contributed by atoms with van der Waals surface area (Å²) in [6.45, 7) is 1.77. The molecule has 0 radical (unpaired) electrons. The van der Waals surface area contributed by atoms with Crippen LogP contribution in [0.15, 0.2) is 18.3 Å². The van der Waals surface area contributed by atoms with Gasteiger partial charge >= 0.3 is 5.97 Å². The molecule has 64 valence electrons. The minimum absolute atomic E-state index is 0.0994. The van der Waals surface area contributed by atoms with Gasteiger partial charge in [0.25, 0.3) is 0 Å². The quantitative estimate of drug-likeness (QED) is 0.699. The van der Waals surface area contributed by atoms with Crippen LogP contribution in [0, 0.1) is 6.92 Å². The third-order valence-corrected chi connectivity index (χ3v) is 1.42. The average Bonchev–Trinajstić information content (AvgIpc) is 2.03. The van der Waals surface area contributed by atoms with Crippen LogP contribution >= 0.6 is 0 Å². The van der Waals surface area contributed by atoms with Crippen molar-refractivity contribution in [2.45, 2.75) is 6.92 Å². The number of nitrogens with one attached hydrogen (secondary N) is 1. The summed E-state index contributed by atoms with van der Waals surface area (Å²) in [6.07, 6.45) is 1.62. The summed E-state index contributed by atoms with van der Waals surface area (Å²) in [5.41, 5.74) is 0.943. The molecule has 4 heteroatoms. The second-order valence-electron chi connectivity index (χ2n) is 2.42. The Hall–Kier alpha value is -1.58. The molecule has 1 aromatic heterocycles. The molecule has 0 atom stereocenters. The molecule has 1 aromatic rings. The van der Waals surface area contributed by atoms with Gasteiger partial charge in [-0.2, -0.15) is 0 Å². The Bertz CT molecular complexity index is 286. The van der Waals surface area contributed by atoms with Gasteiger partial charge in [-0.3, -0.25) is 4.79 Å². The van der Waals surface area contributed by atoms with Gasteiger partial charge in [-0.1, -0.05) is 6.07 Å². The summed E-state index contributed by atoms with van der Waals surface area (Å²) in [5.74, 6) is -0.264. The Labute approximate surface area is 70.3 Å². The lowest BCUT2D eigenvalue weighted by atomic mass is 10.3. The Morgan fingerprint density at radius 1 is 1.75 bits per heavy atom. The molecule has 0 fully saturated rings. The van der Waals surface area contributed by atoms with E-state index in [9.17, 15) is 4.79 Å². The molecule has 1 heterocycles. The number of rotatable bonds is 3. The summed E-state index contributed by atoms with van der Waals surface area (Å²) >= 11 is 0. The Morgan fingerprint density at radius 3 is 3.08 bits per heavy atom. The van der Waals surface area contributed by atoms with Crippen LogP contribution in [0.4, 0.5) is 5.82 Å². The summed E-state index contributed by atoms with van der Waals surface area (Å²) in [5, 5.41) is 11.1. The van der Waals surface area contributed by atoms with Gasteiger partial charge in [0.2, 0.25) is 0 Å². The molecule has 0 amide bonds. The lowest BCUT2D eigenvalue weighted by Crippen LogP contribution is -2.13. The van der Waals surface area contributed by atoms with Crippen LogP contribution in [0.1, 0.15) is 5.56 Å². The van der Waals surface area contributed by atoms with Crippen molar-refractivity contribution in [3.8, 4) is 0 Å². The van der Waals surface area contributed by atoms with Gasteiger partial charge in [0.05, 0.1) is 0 Å². The maximum absolute atomic E-state index is 10.2. The first-order valence-electron chi connectivity index (χ1n) is 3.57. The minimum Gasteiger partial charge on any atom is -0.480 e. The Morgan fingerprint density at radius 2 is 2.50 bits per heavy atom. The third kappa shape index (κ3) is 2.23. The second-order valence-corrected chi connectivity index (χ2v) is 2.42. The minimum atomic E-state index is -0.889. The molecule has 4 nitrogen and oxygen atoms in total. The summed E-state index contributed by atoms with van der Waals surface area (Å²) in [7, 11) is 0. The molecular weight excluding hydrogens is 156 g/mol. The van der Waals surface area contributed by atoms with E-state index in [4.69, 9.17) is 5.11 Å². The highest BCUT2D eigenvalue weighted by Crippen LogP contribution is 2.07. The Kier molecular flexibility index (Phi) is 2.63. The predicted octanol–water partition coefficient (Wildman–Crippen LogP) is 0.887. The van der Waals surface area contributed by atoms with Crippen molar-refractivity contribution >= 4 is 11.8 Å². The maximum atomic E-state index is 10.2. The largest absolute Gasteiger partial charge is 0.480 e. The SMILES string of the molecule is Cc1cccnc1NCC(=O)O. The van der Waals surface area contributed by atoms with E-state index < -0.39 is 5.97 Å². The summed E-state index contributed by atoms with van der Waals surface area (Å²) in [4.78, 5) is 14.2. The van der Waals surface area contributed by atoms with Crippen LogP contribution in [-0.4, -0.2) is 22.6 Å². The Balaban J connectivity index is 2.63. The fraction of sp³-hybridized carbons (Fsp3) is 0.250. The number of carboxylic acids is 1. The monoisotopic (exact) mass is 166 g/mol. The zero-order valence-electron chi connectivity index (χ0n) is 6.74. The summed E-state index contributed by atoms with van der Waals surface area (Å²) in [6, 6.07) is 3.68. The van der Waals surface area contributed by atoms with Gasteiger partial charge in [0, 0.05) is 6.20 Å². The van der Waals surface area contributed by atoms with Crippen molar-refractivity contribution in [1.29, 1.82) is 0 Å². The first kappa shape index (κ1) is 8.52. The van der Waals surface area contributed by atoms with Crippen LogP contribution < -0.4 is 5.32 Å². The number of aromatic nitrogens is 1. The third-order valence-electron chi connectivity index (χ3n) is 1.42. The van der Waals surface area contributed by atoms with Crippen molar-refractivity contribution in [2.24, 2.45) is 0 Å². The second kappa shape index (κ2) is 3.71. The molecule has 0 aliphatic rings. The fourth-order valence-electron chi connectivity index (χ4n) is 0.830. The van der Waals surface area contributed by atoms with Crippen molar-refractivity contribution < 1.29 is 9.90 Å². The van der Waals surface area contributed by atoms with Crippen LogP contribution in [0.25, 0.3) is 0 Å². The van der Waals surface area contributed by atoms with Gasteiger partial charge in [0.1, 0.15) is 12.4 Å². The van der Waals surface area contributed by atoms with E-state index in [1.165, 1.54) is 0 Å². The number of aryl methyl sites for hydroxylation is 1. The van der Waals surface area contributed by atoms with Crippen molar-refractivity contribution in [1.82, 2.24) is 4.98 Å². The van der Waals surface area contributed by atoms with Crippen LogP contribution in [-0.2, 0) is 4.79 Å². The number of carboxylic acid groups (broad SMARTS) is 1. The molecule has 1 rings (SSSR count). The average molecular weight is 166 g/mol. The number of nitrogens with zero attached hydrogens (tertiary/aromatic N) is 1. The van der Waals surface area contributed by atoms with Gasteiger partial charge in [-0.15, -0.1) is 0 Å². The molecule has 0 saturated heterocycles. The molecule has 0 bridgehead atoms. The molecular formula is C8H10N2O2. The topological polar surface area (TPSA) is 62.2 Å². The van der Waals surface area contributed by atoms with Crippen LogP contribution in [0.5, 0.6) is 0 Å². The van der Waals surface area contributed by atoms with E-state index in [-0.39, 0.29) is 6.54 Å². The van der Waals surface area contributed by atoms with Gasteiger partial charge in [0.15, 0.2) is 0 Å². The number of anilines is 1. The smallest absolute Gasteiger partial charge is 0.322 e. The molecule has 0 aliphatic carbocycles. The highest BCUT2D eigenvalue weighted by Gasteiger charge is 1.99. The lowest BCUT2D eigenvalue weighted by Gasteiger charge is -2.04. The molecule has 12 heavy (non-hydrogen) atoms. The lowest BCUT2D eigenvalue weighted by molar-refractivity contribution is -0.134. The van der Waals surface area contributed by atoms with Gasteiger partial charge in [-0.05, 0) is 18.6 Å². The van der Waals surface area contributed by atoms with E-state index in [0.29, 0.717) is 5.82 Å². The van der Waals surface area contributed by atoms with Crippen LogP contribution in [0.3, 0.4) is 0 Å². The standard InChI is InChI=1S/C8H10N2O2/c1-6-3-2-4-9-8(6)10-5-7(11)12/h2-4H,5H2,1H3,(H,9,10)(H,11,12). The van der Waals surface area contributed by atoms with E-state index in [1.807, 2.05) is 13.0 Å². The first-order valence-corrected chi connectivity index (χ1v) is 3.57. The van der Waals surface area contributed by atoms with E-state index in [0.717, 1.165) is 5.56 Å². The zero-order chi connectivity index (χ0) is 8.97. The van der Waals surface area contributed by atoms with Crippen LogP contribution in [0.2, 0.25) is 0 Å². The van der Waals surface area contributed by atoms with Crippen molar-refractivity contribution in [3.05, 3.63) is 23.9 Å².